The molecule has 29 heavy (non-hydrogen) atoms. The maximum Gasteiger partial charge on any atom is 0.253 e. The summed E-state index contributed by atoms with van der Waals surface area (Å²) in [5.41, 5.74) is 4.07. The largest absolute Gasteiger partial charge is 0.360 e. The van der Waals surface area contributed by atoms with Gasteiger partial charge in [-0.1, -0.05) is 41.6 Å². The SMILES string of the molecule is Cc1cc(-n2c(C)cc(C(=O)NC(c3ccccc3)c3ccccn3)c2C)no1. The van der Waals surface area contributed by atoms with Gasteiger partial charge in [0.05, 0.1) is 17.3 Å². The Labute approximate surface area is 169 Å². The Morgan fingerprint density at radius 3 is 2.45 bits per heavy atom. The van der Waals surface area contributed by atoms with Crippen molar-refractivity contribution in [2.75, 3.05) is 0 Å². The summed E-state index contributed by atoms with van der Waals surface area (Å²) < 4.78 is 7.12. The molecule has 0 aliphatic heterocycles. The molecule has 1 aromatic carbocycles. The lowest BCUT2D eigenvalue weighted by Gasteiger charge is -2.19. The molecule has 146 valence electrons. The Bertz CT molecular complexity index is 1090. The van der Waals surface area contributed by atoms with Gasteiger partial charge >= 0.3 is 0 Å². The lowest BCUT2D eigenvalue weighted by molar-refractivity contribution is 0.0941. The molecular formula is C23H22N4O2. The number of nitrogens with zero attached hydrogens (tertiary/aromatic N) is 3. The zero-order valence-electron chi connectivity index (χ0n) is 16.6. The minimum absolute atomic E-state index is 0.163. The molecule has 1 atom stereocenters. The molecule has 0 fully saturated rings. The summed E-state index contributed by atoms with van der Waals surface area (Å²) in [6, 6.07) is 18.9. The Kier molecular flexibility index (Phi) is 4.99. The van der Waals surface area contributed by atoms with E-state index in [1.165, 1.54) is 0 Å². The fourth-order valence-corrected chi connectivity index (χ4v) is 3.53. The number of hydrogen-bond acceptors (Lipinski definition) is 4. The highest BCUT2D eigenvalue weighted by molar-refractivity contribution is 5.96. The highest BCUT2D eigenvalue weighted by Crippen LogP contribution is 2.24. The summed E-state index contributed by atoms with van der Waals surface area (Å²) in [5, 5.41) is 7.23. The average molecular weight is 386 g/mol. The van der Waals surface area contributed by atoms with Crippen molar-refractivity contribution in [3.8, 4) is 5.82 Å². The Morgan fingerprint density at radius 2 is 1.79 bits per heavy atom. The number of carbonyl (C=O) groups is 1. The van der Waals surface area contributed by atoms with E-state index in [2.05, 4.69) is 15.5 Å². The van der Waals surface area contributed by atoms with Crippen LogP contribution in [0.5, 0.6) is 0 Å². The van der Waals surface area contributed by atoms with Gasteiger partial charge in [0.15, 0.2) is 5.82 Å². The molecule has 0 spiro atoms. The molecular weight excluding hydrogens is 364 g/mol. The van der Waals surface area contributed by atoms with Crippen LogP contribution in [-0.2, 0) is 0 Å². The van der Waals surface area contributed by atoms with Crippen LogP contribution in [0.3, 0.4) is 0 Å². The Morgan fingerprint density at radius 1 is 1.03 bits per heavy atom. The van der Waals surface area contributed by atoms with E-state index >= 15 is 0 Å². The first-order valence-corrected chi connectivity index (χ1v) is 9.44. The second-order valence-corrected chi connectivity index (χ2v) is 6.99. The number of hydrogen-bond donors (Lipinski definition) is 1. The molecule has 0 aliphatic rings. The van der Waals surface area contributed by atoms with Gasteiger partial charge in [-0.2, -0.15) is 0 Å². The second kappa shape index (κ2) is 7.75. The molecule has 3 aromatic heterocycles. The zero-order valence-corrected chi connectivity index (χ0v) is 16.6. The van der Waals surface area contributed by atoms with Gasteiger partial charge in [-0.05, 0) is 44.5 Å². The van der Waals surface area contributed by atoms with Crippen molar-refractivity contribution < 1.29 is 9.32 Å². The molecule has 1 N–H and O–H groups in total. The van der Waals surface area contributed by atoms with Crippen molar-refractivity contribution in [1.29, 1.82) is 0 Å². The predicted octanol–water partition coefficient (Wildman–Crippen LogP) is 4.30. The van der Waals surface area contributed by atoms with Gasteiger partial charge in [-0.3, -0.25) is 14.3 Å². The van der Waals surface area contributed by atoms with Crippen LogP contribution in [-0.4, -0.2) is 20.6 Å². The lowest BCUT2D eigenvalue weighted by atomic mass is 10.0. The number of rotatable bonds is 5. The first kappa shape index (κ1) is 18.7. The third kappa shape index (κ3) is 3.69. The van der Waals surface area contributed by atoms with Crippen LogP contribution in [0.25, 0.3) is 5.82 Å². The van der Waals surface area contributed by atoms with Crippen LogP contribution in [0.4, 0.5) is 0 Å². The molecule has 0 bridgehead atoms. The van der Waals surface area contributed by atoms with E-state index in [1.54, 1.807) is 6.20 Å². The molecule has 1 amide bonds. The number of amides is 1. The molecule has 6 heteroatoms. The van der Waals surface area contributed by atoms with E-state index in [0.29, 0.717) is 11.4 Å². The van der Waals surface area contributed by atoms with Crippen molar-refractivity contribution >= 4 is 5.91 Å². The van der Waals surface area contributed by atoms with Crippen molar-refractivity contribution in [2.24, 2.45) is 0 Å². The van der Waals surface area contributed by atoms with Crippen LogP contribution in [0.15, 0.2) is 71.4 Å². The summed E-state index contributed by atoms with van der Waals surface area (Å²) in [6.45, 7) is 5.70. The summed E-state index contributed by atoms with van der Waals surface area (Å²) >= 11 is 0. The predicted molar refractivity (Wildman–Crippen MR) is 110 cm³/mol. The lowest BCUT2D eigenvalue weighted by Crippen LogP contribution is -2.30. The van der Waals surface area contributed by atoms with E-state index < -0.39 is 0 Å². The standard InChI is InChI=1S/C23H22N4O2/c1-15-13-19(17(3)27(15)21-14-16(2)29-26-21)23(28)25-22(18-9-5-4-6-10-18)20-11-7-8-12-24-20/h4-14,22H,1-3H3,(H,25,28). The highest BCUT2D eigenvalue weighted by Gasteiger charge is 2.23. The average Bonchev–Trinajstić information content (AvgIpc) is 3.29. The zero-order chi connectivity index (χ0) is 20.4. The number of carbonyl (C=O) groups excluding carboxylic acids is 1. The maximum absolute atomic E-state index is 13.2. The fourth-order valence-electron chi connectivity index (χ4n) is 3.53. The third-order valence-corrected chi connectivity index (χ3v) is 4.91. The summed E-state index contributed by atoms with van der Waals surface area (Å²) in [6.07, 6.45) is 1.73. The van der Waals surface area contributed by atoms with Crippen molar-refractivity contribution in [2.45, 2.75) is 26.8 Å². The minimum atomic E-state index is -0.345. The van der Waals surface area contributed by atoms with E-state index in [-0.39, 0.29) is 11.9 Å². The van der Waals surface area contributed by atoms with Crippen LogP contribution in [0, 0.1) is 20.8 Å². The summed E-state index contributed by atoms with van der Waals surface area (Å²) in [4.78, 5) is 17.7. The van der Waals surface area contributed by atoms with Crippen molar-refractivity contribution in [3.05, 3.63) is 101 Å². The smallest absolute Gasteiger partial charge is 0.253 e. The number of nitrogens with one attached hydrogen (secondary N) is 1. The number of pyridine rings is 1. The molecule has 3 heterocycles. The minimum Gasteiger partial charge on any atom is -0.360 e. The van der Waals surface area contributed by atoms with Crippen LogP contribution in [0.1, 0.15) is 44.8 Å². The van der Waals surface area contributed by atoms with E-state index in [9.17, 15) is 4.79 Å². The monoisotopic (exact) mass is 386 g/mol. The summed E-state index contributed by atoms with van der Waals surface area (Å²) in [7, 11) is 0. The molecule has 0 aliphatic carbocycles. The third-order valence-electron chi connectivity index (χ3n) is 4.91. The van der Waals surface area contributed by atoms with Gasteiger partial charge in [-0.25, -0.2) is 0 Å². The summed E-state index contributed by atoms with van der Waals surface area (Å²) in [5.74, 6) is 1.22. The van der Waals surface area contributed by atoms with Crippen LogP contribution in [0.2, 0.25) is 0 Å². The normalized spacial score (nSPS) is 12.0. The van der Waals surface area contributed by atoms with E-state index in [1.807, 2.05) is 86.0 Å². The van der Waals surface area contributed by atoms with Gasteiger partial charge in [-0.15, -0.1) is 0 Å². The Hall–Kier alpha value is -3.67. The van der Waals surface area contributed by atoms with Gasteiger partial charge in [0.25, 0.3) is 5.91 Å². The molecule has 0 saturated heterocycles. The molecule has 4 rings (SSSR count). The first-order valence-electron chi connectivity index (χ1n) is 9.44. The van der Waals surface area contributed by atoms with Crippen LogP contribution >= 0.6 is 0 Å². The van der Waals surface area contributed by atoms with Crippen molar-refractivity contribution in [3.63, 3.8) is 0 Å². The maximum atomic E-state index is 13.2. The number of aryl methyl sites for hydroxylation is 2. The first-order chi connectivity index (χ1) is 14.0. The fraction of sp³-hybridized carbons (Fsp3) is 0.174. The molecule has 6 nitrogen and oxygen atoms in total. The van der Waals surface area contributed by atoms with Gasteiger partial charge < -0.3 is 9.84 Å². The van der Waals surface area contributed by atoms with Gasteiger partial charge in [0, 0.05) is 23.7 Å². The van der Waals surface area contributed by atoms with E-state index in [4.69, 9.17) is 4.52 Å². The highest BCUT2D eigenvalue weighted by atomic mass is 16.5. The molecule has 0 radical (unpaired) electrons. The van der Waals surface area contributed by atoms with Gasteiger partial charge in [0.1, 0.15) is 5.76 Å². The topological polar surface area (TPSA) is 73.0 Å². The molecule has 1 unspecified atom stereocenters. The van der Waals surface area contributed by atoms with Gasteiger partial charge in [0.2, 0.25) is 0 Å². The number of benzene rings is 1. The van der Waals surface area contributed by atoms with E-state index in [0.717, 1.165) is 28.4 Å². The van der Waals surface area contributed by atoms with Crippen molar-refractivity contribution in [1.82, 2.24) is 20.0 Å². The second-order valence-electron chi connectivity index (χ2n) is 6.99. The van der Waals surface area contributed by atoms with Crippen LogP contribution < -0.4 is 5.32 Å². The quantitative estimate of drug-likeness (QED) is 0.555. The Balaban J connectivity index is 1.69. The molecule has 0 saturated carbocycles. The number of aromatic nitrogens is 3. The molecule has 4 aromatic rings.